The van der Waals surface area contributed by atoms with E-state index in [1.165, 1.54) is 11.3 Å². The molecule has 0 saturated carbocycles. The SMILES string of the molecule is CN1CCC2(CC1)Cc1ccccc1NC2=NCc1cccc(Cl)c1. The minimum atomic E-state index is 0.138. The van der Waals surface area contributed by atoms with Crippen LogP contribution in [0.3, 0.4) is 0 Å². The first-order valence-electron chi connectivity index (χ1n) is 8.97. The van der Waals surface area contributed by atoms with Gasteiger partial charge in [-0.25, -0.2) is 0 Å². The van der Waals surface area contributed by atoms with Crippen LogP contribution in [0.25, 0.3) is 0 Å². The molecule has 0 radical (unpaired) electrons. The first-order valence-corrected chi connectivity index (χ1v) is 9.35. The van der Waals surface area contributed by atoms with E-state index in [0.29, 0.717) is 6.54 Å². The van der Waals surface area contributed by atoms with Crippen molar-refractivity contribution in [2.75, 3.05) is 25.5 Å². The summed E-state index contributed by atoms with van der Waals surface area (Å²) >= 11 is 6.12. The van der Waals surface area contributed by atoms with Gasteiger partial charge in [-0.3, -0.25) is 4.99 Å². The van der Waals surface area contributed by atoms with Gasteiger partial charge in [0, 0.05) is 16.1 Å². The van der Waals surface area contributed by atoms with Crippen LogP contribution in [0.1, 0.15) is 24.0 Å². The molecule has 0 bridgehead atoms. The summed E-state index contributed by atoms with van der Waals surface area (Å²) in [4.78, 5) is 7.44. The topological polar surface area (TPSA) is 27.6 Å². The third-order valence-corrected chi connectivity index (χ3v) is 5.79. The summed E-state index contributed by atoms with van der Waals surface area (Å²) < 4.78 is 0. The molecule has 0 aliphatic carbocycles. The Morgan fingerprint density at radius 1 is 1.12 bits per heavy atom. The number of rotatable bonds is 2. The lowest BCUT2D eigenvalue weighted by molar-refractivity contribution is 0.178. The van der Waals surface area contributed by atoms with Crippen molar-refractivity contribution < 1.29 is 0 Å². The zero-order chi connectivity index (χ0) is 17.3. The third kappa shape index (κ3) is 3.44. The Morgan fingerprint density at radius 2 is 1.92 bits per heavy atom. The van der Waals surface area contributed by atoms with Gasteiger partial charge in [0.2, 0.25) is 0 Å². The fourth-order valence-electron chi connectivity index (χ4n) is 3.98. The summed E-state index contributed by atoms with van der Waals surface area (Å²) in [5.74, 6) is 1.15. The molecule has 0 atom stereocenters. The lowest BCUT2D eigenvalue weighted by Gasteiger charge is -2.45. The monoisotopic (exact) mass is 353 g/mol. The molecule has 3 nitrogen and oxygen atoms in total. The first kappa shape index (κ1) is 16.6. The van der Waals surface area contributed by atoms with Gasteiger partial charge < -0.3 is 10.2 Å². The zero-order valence-electron chi connectivity index (χ0n) is 14.6. The summed E-state index contributed by atoms with van der Waals surface area (Å²) in [5.41, 5.74) is 3.91. The van der Waals surface area contributed by atoms with E-state index in [1.807, 2.05) is 18.2 Å². The smallest absolute Gasteiger partial charge is 0.108 e. The summed E-state index contributed by atoms with van der Waals surface area (Å²) in [6, 6.07) is 16.6. The van der Waals surface area contributed by atoms with Crippen LogP contribution in [-0.4, -0.2) is 30.9 Å². The van der Waals surface area contributed by atoms with Crippen LogP contribution in [-0.2, 0) is 13.0 Å². The quantitative estimate of drug-likeness (QED) is 0.853. The number of hydrogen-bond acceptors (Lipinski definition) is 2. The van der Waals surface area contributed by atoms with Crippen molar-refractivity contribution in [3.05, 3.63) is 64.7 Å². The predicted octanol–water partition coefficient (Wildman–Crippen LogP) is 4.62. The normalized spacial score (nSPS) is 21.1. The van der Waals surface area contributed by atoms with Crippen molar-refractivity contribution in [3.8, 4) is 0 Å². The Kier molecular flexibility index (Phi) is 4.53. The zero-order valence-corrected chi connectivity index (χ0v) is 15.4. The van der Waals surface area contributed by atoms with Crippen molar-refractivity contribution in [1.29, 1.82) is 0 Å². The Morgan fingerprint density at radius 3 is 2.72 bits per heavy atom. The van der Waals surface area contributed by atoms with Crippen LogP contribution in [0.15, 0.2) is 53.5 Å². The van der Waals surface area contributed by atoms with Gasteiger partial charge in [-0.05, 0) is 68.7 Å². The van der Waals surface area contributed by atoms with Crippen LogP contribution in [0.2, 0.25) is 5.02 Å². The Labute approximate surface area is 154 Å². The summed E-state index contributed by atoms with van der Waals surface area (Å²) in [6.07, 6.45) is 3.39. The molecular formula is C21H24ClN3. The second-order valence-corrected chi connectivity index (χ2v) is 7.77. The Balaban J connectivity index is 1.66. The molecule has 4 rings (SSSR count). The highest BCUT2D eigenvalue weighted by molar-refractivity contribution is 6.30. The lowest BCUT2D eigenvalue weighted by Crippen LogP contribution is -2.49. The number of anilines is 1. The van der Waals surface area contributed by atoms with E-state index < -0.39 is 0 Å². The summed E-state index contributed by atoms with van der Waals surface area (Å²) in [6.45, 7) is 2.92. The van der Waals surface area contributed by atoms with Gasteiger partial charge >= 0.3 is 0 Å². The second-order valence-electron chi connectivity index (χ2n) is 7.34. The van der Waals surface area contributed by atoms with Gasteiger partial charge in [0.15, 0.2) is 0 Å². The Hall–Kier alpha value is -1.84. The Bertz CT molecular complexity index is 791. The number of hydrogen-bond donors (Lipinski definition) is 1. The van der Waals surface area contributed by atoms with Crippen molar-refractivity contribution in [2.45, 2.75) is 25.8 Å². The maximum atomic E-state index is 6.12. The number of benzene rings is 2. The van der Waals surface area contributed by atoms with Gasteiger partial charge in [0.1, 0.15) is 5.84 Å². The molecule has 25 heavy (non-hydrogen) atoms. The van der Waals surface area contributed by atoms with E-state index in [-0.39, 0.29) is 5.41 Å². The first-order chi connectivity index (χ1) is 12.1. The molecule has 1 fully saturated rings. The van der Waals surface area contributed by atoms with Gasteiger partial charge in [0.25, 0.3) is 0 Å². The van der Waals surface area contributed by atoms with Gasteiger partial charge in [0.05, 0.1) is 6.54 Å². The average molecular weight is 354 g/mol. The van der Waals surface area contributed by atoms with Crippen molar-refractivity contribution in [1.82, 2.24) is 4.90 Å². The van der Waals surface area contributed by atoms with Crippen molar-refractivity contribution >= 4 is 23.1 Å². The lowest BCUT2D eigenvalue weighted by atomic mass is 9.70. The molecule has 4 heteroatoms. The number of piperidine rings is 1. The highest BCUT2D eigenvalue weighted by atomic mass is 35.5. The van der Waals surface area contributed by atoms with E-state index in [2.05, 4.69) is 47.6 Å². The third-order valence-electron chi connectivity index (χ3n) is 5.55. The molecular weight excluding hydrogens is 330 g/mol. The minimum absolute atomic E-state index is 0.138. The molecule has 2 aliphatic rings. The van der Waals surface area contributed by atoms with E-state index in [4.69, 9.17) is 16.6 Å². The number of aliphatic imine (C=N–C) groups is 1. The number of nitrogens with one attached hydrogen (secondary N) is 1. The molecule has 130 valence electrons. The fraction of sp³-hybridized carbons (Fsp3) is 0.381. The molecule has 2 aromatic rings. The van der Waals surface area contributed by atoms with E-state index in [0.717, 1.165) is 48.8 Å². The number of nitrogens with zero attached hydrogens (tertiary/aromatic N) is 2. The number of amidine groups is 1. The molecule has 1 N–H and O–H groups in total. The number of halogens is 1. The van der Waals surface area contributed by atoms with Crippen LogP contribution in [0.4, 0.5) is 5.69 Å². The molecule has 0 unspecified atom stereocenters. The van der Waals surface area contributed by atoms with Crippen LogP contribution >= 0.6 is 11.6 Å². The summed E-state index contributed by atoms with van der Waals surface area (Å²) in [5, 5.41) is 4.43. The van der Waals surface area contributed by atoms with Crippen LogP contribution < -0.4 is 5.32 Å². The molecule has 0 amide bonds. The van der Waals surface area contributed by atoms with Crippen LogP contribution in [0, 0.1) is 5.41 Å². The second kappa shape index (κ2) is 6.81. The maximum Gasteiger partial charge on any atom is 0.108 e. The largest absolute Gasteiger partial charge is 0.343 e. The molecule has 1 saturated heterocycles. The predicted molar refractivity (Wildman–Crippen MR) is 106 cm³/mol. The summed E-state index contributed by atoms with van der Waals surface area (Å²) in [7, 11) is 2.21. The maximum absolute atomic E-state index is 6.12. The fourth-order valence-corrected chi connectivity index (χ4v) is 4.19. The van der Waals surface area contributed by atoms with Crippen LogP contribution in [0.5, 0.6) is 0 Å². The van der Waals surface area contributed by atoms with Gasteiger partial charge in [-0.1, -0.05) is 41.9 Å². The van der Waals surface area contributed by atoms with E-state index in [9.17, 15) is 0 Å². The highest BCUT2D eigenvalue weighted by Crippen LogP contribution is 2.42. The van der Waals surface area contributed by atoms with E-state index in [1.54, 1.807) is 0 Å². The number of likely N-dealkylation sites (tertiary alicyclic amines) is 1. The molecule has 2 heterocycles. The van der Waals surface area contributed by atoms with Gasteiger partial charge in [-0.2, -0.15) is 0 Å². The minimum Gasteiger partial charge on any atom is -0.343 e. The highest BCUT2D eigenvalue weighted by Gasteiger charge is 2.41. The van der Waals surface area contributed by atoms with Crippen molar-refractivity contribution in [3.63, 3.8) is 0 Å². The molecule has 0 aromatic heterocycles. The molecule has 2 aliphatic heterocycles. The van der Waals surface area contributed by atoms with E-state index >= 15 is 0 Å². The standard InChI is InChI=1S/C21H24ClN3/c1-25-11-9-21(10-12-25)14-17-6-2-3-8-19(17)24-20(21)23-15-16-5-4-7-18(22)13-16/h2-8,13H,9-12,14-15H2,1H3,(H,23,24). The van der Waals surface area contributed by atoms with Gasteiger partial charge in [-0.15, -0.1) is 0 Å². The average Bonchev–Trinajstić information content (AvgIpc) is 2.62. The molecule has 1 spiro atoms. The number of fused-ring (bicyclic) bond motifs is 1. The number of para-hydroxylation sites is 1. The van der Waals surface area contributed by atoms with Crippen molar-refractivity contribution in [2.24, 2.45) is 10.4 Å². The molecule has 2 aromatic carbocycles.